The Bertz CT molecular complexity index is 485. The maximum atomic E-state index is 13.2. The van der Waals surface area contributed by atoms with Crippen LogP contribution in [-0.2, 0) is 6.61 Å². The van der Waals surface area contributed by atoms with Crippen LogP contribution in [0.15, 0.2) is 42.6 Å². The van der Waals surface area contributed by atoms with Crippen LogP contribution < -0.4 is 9.47 Å². The number of aromatic nitrogens is 1. The van der Waals surface area contributed by atoms with E-state index >= 15 is 0 Å². The highest BCUT2D eigenvalue weighted by molar-refractivity contribution is 5.27. The summed E-state index contributed by atoms with van der Waals surface area (Å²) in [4.78, 5) is 3.51. The Morgan fingerprint density at radius 3 is 2.59 bits per heavy atom. The predicted molar refractivity (Wildman–Crippen MR) is 61.5 cm³/mol. The highest BCUT2D eigenvalue weighted by atomic mass is 19.1. The minimum Gasteiger partial charge on any atom is -0.497 e. The molecule has 0 radical (unpaired) electrons. The first-order chi connectivity index (χ1) is 8.29. The van der Waals surface area contributed by atoms with Crippen molar-refractivity contribution < 1.29 is 13.9 Å². The minimum absolute atomic E-state index is 0.156. The van der Waals surface area contributed by atoms with Crippen LogP contribution >= 0.6 is 0 Å². The van der Waals surface area contributed by atoms with Crippen molar-refractivity contribution in [2.24, 2.45) is 0 Å². The standard InChI is InChI=1S/C13H12FNO2/c1-16-11-6-4-10(5-7-11)9-17-12-3-2-8-15-13(12)14/h2-8H,9H2,1H3. The summed E-state index contributed by atoms with van der Waals surface area (Å²) in [5, 5.41) is 0. The molecule has 0 aliphatic heterocycles. The first kappa shape index (κ1) is 11.4. The van der Waals surface area contributed by atoms with Gasteiger partial charge in [0, 0.05) is 6.20 Å². The molecule has 17 heavy (non-hydrogen) atoms. The van der Waals surface area contributed by atoms with E-state index in [1.807, 2.05) is 24.3 Å². The number of ether oxygens (including phenoxy) is 2. The predicted octanol–water partition coefficient (Wildman–Crippen LogP) is 2.81. The summed E-state index contributed by atoms with van der Waals surface area (Å²) in [6.45, 7) is 0.298. The van der Waals surface area contributed by atoms with Crippen LogP contribution in [0, 0.1) is 5.95 Å². The van der Waals surface area contributed by atoms with E-state index in [9.17, 15) is 4.39 Å². The quantitative estimate of drug-likeness (QED) is 0.761. The lowest BCUT2D eigenvalue weighted by molar-refractivity contribution is 0.285. The average molecular weight is 233 g/mol. The van der Waals surface area contributed by atoms with Crippen LogP contribution in [0.1, 0.15) is 5.56 Å². The second kappa shape index (κ2) is 5.30. The van der Waals surface area contributed by atoms with Crippen LogP contribution in [0.3, 0.4) is 0 Å². The van der Waals surface area contributed by atoms with E-state index in [0.717, 1.165) is 11.3 Å². The Labute approximate surface area is 98.8 Å². The first-order valence-electron chi connectivity index (χ1n) is 5.16. The molecule has 0 aliphatic carbocycles. The number of hydrogen-bond acceptors (Lipinski definition) is 3. The van der Waals surface area contributed by atoms with Gasteiger partial charge in [-0.25, -0.2) is 4.98 Å². The van der Waals surface area contributed by atoms with Gasteiger partial charge in [-0.1, -0.05) is 12.1 Å². The van der Waals surface area contributed by atoms with Gasteiger partial charge >= 0.3 is 0 Å². The second-order valence-electron chi connectivity index (χ2n) is 3.43. The molecule has 88 valence electrons. The number of hydrogen-bond donors (Lipinski definition) is 0. The van der Waals surface area contributed by atoms with Gasteiger partial charge in [0.05, 0.1) is 7.11 Å². The molecule has 0 aliphatic rings. The van der Waals surface area contributed by atoms with Gasteiger partial charge in [-0.3, -0.25) is 0 Å². The molecular formula is C13H12FNO2. The maximum Gasteiger partial charge on any atom is 0.255 e. The summed E-state index contributed by atoms with van der Waals surface area (Å²) in [6, 6.07) is 10.6. The number of rotatable bonds is 4. The first-order valence-corrected chi connectivity index (χ1v) is 5.16. The number of methoxy groups -OCH3 is 1. The van der Waals surface area contributed by atoms with Gasteiger partial charge in [0.25, 0.3) is 5.95 Å². The highest BCUT2D eigenvalue weighted by Crippen LogP contribution is 2.16. The monoisotopic (exact) mass is 233 g/mol. The fourth-order valence-electron chi connectivity index (χ4n) is 1.36. The molecule has 0 amide bonds. The lowest BCUT2D eigenvalue weighted by Crippen LogP contribution is -1.98. The molecule has 4 heteroatoms. The van der Waals surface area contributed by atoms with Crippen molar-refractivity contribution in [2.45, 2.75) is 6.61 Å². The Morgan fingerprint density at radius 1 is 1.18 bits per heavy atom. The minimum atomic E-state index is -0.596. The Morgan fingerprint density at radius 2 is 1.94 bits per heavy atom. The van der Waals surface area contributed by atoms with Crippen molar-refractivity contribution in [2.75, 3.05) is 7.11 Å². The molecule has 3 nitrogen and oxygen atoms in total. The van der Waals surface area contributed by atoms with Crippen LogP contribution in [0.2, 0.25) is 0 Å². The fourth-order valence-corrected chi connectivity index (χ4v) is 1.36. The maximum absolute atomic E-state index is 13.2. The van der Waals surface area contributed by atoms with Crippen LogP contribution in [0.4, 0.5) is 4.39 Å². The molecule has 1 heterocycles. The number of nitrogens with zero attached hydrogens (tertiary/aromatic N) is 1. The molecule has 0 N–H and O–H groups in total. The van der Waals surface area contributed by atoms with Crippen LogP contribution in [0.5, 0.6) is 11.5 Å². The Balaban J connectivity index is 2.00. The van der Waals surface area contributed by atoms with Crippen molar-refractivity contribution in [1.82, 2.24) is 4.98 Å². The molecule has 0 saturated carbocycles. The van der Waals surface area contributed by atoms with Crippen LogP contribution in [-0.4, -0.2) is 12.1 Å². The summed E-state index contributed by atoms with van der Waals surface area (Å²) in [6.07, 6.45) is 1.38. The summed E-state index contributed by atoms with van der Waals surface area (Å²) >= 11 is 0. The molecule has 2 rings (SSSR count). The van der Waals surface area contributed by atoms with E-state index in [0.29, 0.717) is 6.61 Å². The fraction of sp³-hybridized carbons (Fsp3) is 0.154. The lowest BCUT2D eigenvalue weighted by Gasteiger charge is -2.07. The van der Waals surface area contributed by atoms with E-state index in [1.165, 1.54) is 6.20 Å². The molecule has 0 spiro atoms. The van der Waals surface area contributed by atoms with Gasteiger partial charge < -0.3 is 9.47 Å². The van der Waals surface area contributed by atoms with Crippen LogP contribution in [0.25, 0.3) is 0 Å². The SMILES string of the molecule is COc1ccc(COc2cccnc2F)cc1. The van der Waals surface area contributed by atoms with E-state index < -0.39 is 5.95 Å². The summed E-state index contributed by atoms with van der Waals surface area (Å²) < 4.78 is 23.5. The summed E-state index contributed by atoms with van der Waals surface area (Å²) in [7, 11) is 1.61. The second-order valence-corrected chi connectivity index (χ2v) is 3.43. The Hall–Kier alpha value is -2.10. The number of pyridine rings is 1. The summed E-state index contributed by atoms with van der Waals surface area (Å²) in [5.41, 5.74) is 0.939. The molecule has 0 unspecified atom stereocenters. The molecular weight excluding hydrogens is 221 g/mol. The molecule has 0 saturated heterocycles. The van der Waals surface area contributed by atoms with Gasteiger partial charge in [0.15, 0.2) is 5.75 Å². The molecule has 2 aromatic rings. The topological polar surface area (TPSA) is 31.4 Å². The smallest absolute Gasteiger partial charge is 0.255 e. The van der Waals surface area contributed by atoms with Gasteiger partial charge in [-0.05, 0) is 29.8 Å². The summed E-state index contributed by atoms with van der Waals surface area (Å²) in [5.74, 6) is 0.339. The largest absolute Gasteiger partial charge is 0.497 e. The third-order valence-electron chi connectivity index (χ3n) is 2.28. The third kappa shape index (κ3) is 2.93. The zero-order valence-corrected chi connectivity index (χ0v) is 9.39. The van der Waals surface area contributed by atoms with E-state index in [1.54, 1.807) is 19.2 Å². The zero-order chi connectivity index (χ0) is 12.1. The molecule has 0 bridgehead atoms. The molecule has 1 aromatic carbocycles. The number of halogens is 1. The van der Waals surface area contributed by atoms with Crippen molar-refractivity contribution in [3.63, 3.8) is 0 Å². The van der Waals surface area contributed by atoms with E-state index in [-0.39, 0.29) is 5.75 Å². The van der Waals surface area contributed by atoms with E-state index in [2.05, 4.69) is 4.98 Å². The van der Waals surface area contributed by atoms with Gasteiger partial charge in [0.1, 0.15) is 12.4 Å². The highest BCUT2D eigenvalue weighted by Gasteiger charge is 2.03. The lowest BCUT2D eigenvalue weighted by atomic mass is 10.2. The van der Waals surface area contributed by atoms with Crippen molar-refractivity contribution in [1.29, 1.82) is 0 Å². The van der Waals surface area contributed by atoms with E-state index in [4.69, 9.17) is 9.47 Å². The zero-order valence-electron chi connectivity index (χ0n) is 9.39. The number of benzene rings is 1. The Kier molecular flexibility index (Phi) is 3.55. The van der Waals surface area contributed by atoms with Gasteiger partial charge in [-0.2, -0.15) is 4.39 Å². The normalized spacial score (nSPS) is 10.0. The van der Waals surface area contributed by atoms with Crippen molar-refractivity contribution in [3.05, 3.63) is 54.1 Å². The van der Waals surface area contributed by atoms with Gasteiger partial charge in [-0.15, -0.1) is 0 Å². The van der Waals surface area contributed by atoms with Crippen molar-refractivity contribution >= 4 is 0 Å². The van der Waals surface area contributed by atoms with Crippen molar-refractivity contribution in [3.8, 4) is 11.5 Å². The average Bonchev–Trinajstić information content (AvgIpc) is 2.38. The molecule has 0 fully saturated rings. The van der Waals surface area contributed by atoms with Gasteiger partial charge in [0.2, 0.25) is 0 Å². The third-order valence-corrected chi connectivity index (χ3v) is 2.28. The molecule has 0 atom stereocenters. The molecule has 1 aromatic heterocycles.